The van der Waals surface area contributed by atoms with Crippen LogP contribution in [0.1, 0.15) is 102 Å². The van der Waals surface area contributed by atoms with Gasteiger partial charge in [-0.1, -0.05) is 124 Å². The first-order chi connectivity index (χ1) is 33.4. The number of pyridine rings is 1. The van der Waals surface area contributed by atoms with Crippen molar-refractivity contribution in [3.63, 3.8) is 0 Å². The molecule has 0 unspecified atom stereocenters. The number of aromatic amines is 1. The Morgan fingerprint density at radius 2 is 1.53 bits per heavy atom. The summed E-state index contributed by atoms with van der Waals surface area (Å²) >= 11 is 0. The van der Waals surface area contributed by atoms with Crippen LogP contribution in [0.4, 0.5) is 10.5 Å². The molecule has 1 aliphatic rings. The van der Waals surface area contributed by atoms with E-state index in [0.29, 0.717) is 43.5 Å². The number of aromatic nitrogens is 1. The molecule has 0 aliphatic heterocycles. The van der Waals surface area contributed by atoms with E-state index < -0.39 is 14.4 Å². The highest BCUT2D eigenvalue weighted by Crippen LogP contribution is 2.42. The number of hydrogen-bond acceptors (Lipinski definition) is 7. The number of ether oxygens (including phenoxy) is 2. The average Bonchev–Trinajstić information content (AvgIpc) is 3.32. The minimum atomic E-state index is -2.21. The summed E-state index contributed by atoms with van der Waals surface area (Å²) in [6, 6.07) is 42.3. The Morgan fingerprint density at radius 1 is 0.829 bits per heavy atom. The van der Waals surface area contributed by atoms with E-state index in [1.165, 1.54) is 5.56 Å². The molecule has 1 aliphatic carbocycles. The number of benzene rings is 5. The number of nitrogens with zero attached hydrogens (tertiary/aromatic N) is 1. The normalized spacial score (nSPS) is 16.1. The molecule has 1 fully saturated rings. The van der Waals surface area contributed by atoms with Gasteiger partial charge < -0.3 is 34.6 Å². The monoisotopic (exact) mass is 963 g/mol. The van der Waals surface area contributed by atoms with E-state index in [-0.39, 0.29) is 28.3 Å². The molecule has 6 aromatic rings. The van der Waals surface area contributed by atoms with Crippen molar-refractivity contribution in [3.8, 4) is 22.6 Å². The largest absolute Gasteiger partial charge is 0.493 e. The second kappa shape index (κ2) is 23.3. The van der Waals surface area contributed by atoms with Crippen LogP contribution < -0.4 is 30.6 Å². The number of nitrogens with one attached hydrogen (secondary N) is 3. The van der Waals surface area contributed by atoms with E-state index in [1.54, 1.807) is 11.0 Å². The molecule has 1 aromatic heterocycles. The quantitative estimate of drug-likeness (QED) is 0.0440. The van der Waals surface area contributed by atoms with E-state index in [2.05, 4.69) is 113 Å². The molecule has 7 rings (SSSR count). The molecule has 0 saturated heterocycles. The second-order valence-corrected chi connectivity index (χ2v) is 26.0. The molecule has 4 N–H and O–H groups in total. The molecule has 1 heterocycles. The predicted molar refractivity (Wildman–Crippen MR) is 290 cm³/mol. The molecule has 1 atom stereocenters. The van der Waals surface area contributed by atoms with Crippen molar-refractivity contribution < 1.29 is 23.8 Å². The summed E-state index contributed by atoms with van der Waals surface area (Å²) in [5.74, 6) is 1.44. The highest BCUT2D eigenvalue weighted by Gasteiger charge is 2.40. The van der Waals surface area contributed by atoms with E-state index >= 15 is 0 Å². The minimum absolute atomic E-state index is 0.00264. The lowest BCUT2D eigenvalue weighted by Gasteiger charge is -2.39. The number of carbonyl (C=O) groups is 1. The molecular weight excluding hydrogens is 889 g/mol. The first kappa shape index (κ1) is 51.9. The molecule has 5 aromatic carbocycles. The summed E-state index contributed by atoms with van der Waals surface area (Å²) in [6.07, 6.45) is 8.01. The Morgan fingerprint density at radius 3 is 2.20 bits per heavy atom. The maximum Gasteiger partial charge on any atom is 0.412 e. The summed E-state index contributed by atoms with van der Waals surface area (Å²) in [6.45, 7) is 20.1. The van der Waals surface area contributed by atoms with Crippen molar-refractivity contribution in [2.75, 3.05) is 24.6 Å². The van der Waals surface area contributed by atoms with Gasteiger partial charge >= 0.3 is 6.09 Å². The number of amides is 1. The highest BCUT2D eigenvalue weighted by atomic mass is 28.4. The van der Waals surface area contributed by atoms with Gasteiger partial charge in [-0.15, -0.1) is 0 Å². The number of hydrogen-bond donors (Lipinski definition) is 4. The number of rotatable bonds is 20. The van der Waals surface area contributed by atoms with Gasteiger partial charge in [-0.2, -0.15) is 0 Å². The number of carboxylic acid groups (broad SMARTS) is 1. The van der Waals surface area contributed by atoms with Crippen LogP contribution in [0.25, 0.3) is 28.1 Å². The maximum atomic E-state index is 13.0. The average molecular weight is 963 g/mol. The SMILES string of the molecule is CC(C)(C)NC1CCC(N(C(=O)O)c2cc(/C=C/CCOc3ccc(CCNC[C@@H](O[Si](C)(C)C(C)(C)C)c4ccc(OCc5ccccc5)c5[nH]c(=O)ccc45)cc3)ccc2-c2ccccc2)CC1. The molecule has 0 radical (unpaired) electrons. The van der Waals surface area contributed by atoms with Crippen LogP contribution in [0.5, 0.6) is 11.5 Å². The van der Waals surface area contributed by atoms with Crippen LogP contribution in [-0.2, 0) is 17.5 Å². The Hall–Kier alpha value is -5.98. The lowest BCUT2D eigenvalue weighted by atomic mass is 9.88. The third-order valence-corrected chi connectivity index (χ3v) is 18.2. The molecule has 1 saturated carbocycles. The fourth-order valence-electron chi connectivity index (χ4n) is 9.07. The van der Waals surface area contributed by atoms with Crippen molar-refractivity contribution in [2.24, 2.45) is 0 Å². The van der Waals surface area contributed by atoms with Gasteiger partial charge in [0, 0.05) is 41.2 Å². The molecule has 370 valence electrons. The van der Waals surface area contributed by atoms with E-state index in [4.69, 9.17) is 13.9 Å². The predicted octanol–water partition coefficient (Wildman–Crippen LogP) is 13.3. The van der Waals surface area contributed by atoms with Crippen molar-refractivity contribution in [3.05, 3.63) is 166 Å². The van der Waals surface area contributed by atoms with Crippen LogP contribution in [0.3, 0.4) is 0 Å². The summed E-state index contributed by atoms with van der Waals surface area (Å²) in [4.78, 5) is 30.3. The van der Waals surface area contributed by atoms with Crippen molar-refractivity contribution in [2.45, 2.75) is 129 Å². The van der Waals surface area contributed by atoms with Crippen LogP contribution in [0, 0.1) is 0 Å². The van der Waals surface area contributed by atoms with Crippen LogP contribution >= 0.6 is 0 Å². The van der Waals surface area contributed by atoms with Crippen LogP contribution in [0.15, 0.2) is 138 Å². The lowest BCUT2D eigenvalue weighted by Crippen LogP contribution is -2.49. The highest BCUT2D eigenvalue weighted by molar-refractivity contribution is 6.74. The van der Waals surface area contributed by atoms with Gasteiger partial charge in [-0.25, -0.2) is 4.79 Å². The summed E-state index contributed by atoms with van der Waals surface area (Å²) < 4.78 is 19.5. The van der Waals surface area contributed by atoms with E-state index in [0.717, 1.165) is 83.3 Å². The van der Waals surface area contributed by atoms with Gasteiger partial charge in [0.25, 0.3) is 0 Å². The third kappa shape index (κ3) is 14.1. The standard InChI is InChI=1S/C59H74N4O6Si/c1-58(2,3)62-46-25-27-47(28-26-46)63(57(65)66)52-39-43(24-31-49(52)45-20-13-10-14-21-45)17-15-16-38-67-48-29-22-42(23-30-48)36-37-60-40-54(69-70(7,8)59(4,5)6)50-32-34-53(56-51(50)33-35-55(64)61-56)68-41-44-18-11-9-12-19-44/h9-15,17-24,29-35,39,46-47,54,60,62H,16,25-28,36-38,40-41H2,1-8H3,(H,61,64)(H,65,66)/b17-15+/t46?,47?,54-/m1/s1. The second-order valence-electron chi connectivity index (χ2n) is 21.2. The van der Waals surface area contributed by atoms with Crippen LogP contribution in [0.2, 0.25) is 18.1 Å². The molecule has 0 spiro atoms. The molecule has 70 heavy (non-hydrogen) atoms. The zero-order valence-electron chi connectivity index (χ0n) is 42.5. The topological polar surface area (TPSA) is 125 Å². The summed E-state index contributed by atoms with van der Waals surface area (Å²) in [5.41, 5.74) is 7.36. The first-order valence-electron chi connectivity index (χ1n) is 25.0. The Labute approximate surface area is 416 Å². The molecule has 1 amide bonds. The van der Waals surface area contributed by atoms with Gasteiger partial charge in [0.15, 0.2) is 8.32 Å². The van der Waals surface area contributed by atoms with Crippen molar-refractivity contribution in [1.29, 1.82) is 0 Å². The number of anilines is 1. The Bertz CT molecular complexity index is 2720. The zero-order chi connectivity index (χ0) is 49.9. The molecule has 10 nitrogen and oxygen atoms in total. The Balaban J connectivity index is 0.949. The smallest absolute Gasteiger partial charge is 0.412 e. The lowest BCUT2D eigenvalue weighted by molar-refractivity contribution is 0.182. The van der Waals surface area contributed by atoms with Crippen molar-refractivity contribution in [1.82, 2.24) is 15.6 Å². The minimum Gasteiger partial charge on any atom is -0.493 e. The van der Waals surface area contributed by atoms with Crippen molar-refractivity contribution >= 4 is 37.1 Å². The summed E-state index contributed by atoms with van der Waals surface area (Å²) in [7, 11) is -2.21. The number of H-pyrrole nitrogens is 1. The number of fused-ring (bicyclic) bond motifs is 1. The molecular formula is C59H74N4O6Si. The molecule has 0 bridgehead atoms. The van der Waals surface area contributed by atoms with E-state index in [1.807, 2.05) is 91.0 Å². The molecule has 11 heteroatoms. The fourth-order valence-corrected chi connectivity index (χ4v) is 10.3. The maximum absolute atomic E-state index is 13.0. The zero-order valence-corrected chi connectivity index (χ0v) is 43.5. The fraction of sp³-hybridized carbons (Fsp3) is 0.390. The van der Waals surface area contributed by atoms with Gasteiger partial charge in [-0.3, -0.25) is 9.69 Å². The van der Waals surface area contributed by atoms with Gasteiger partial charge in [0.1, 0.15) is 18.1 Å². The summed E-state index contributed by atoms with van der Waals surface area (Å²) in [5, 5.41) is 19.0. The first-order valence-corrected chi connectivity index (χ1v) is 27.9. The van der Waals surface area contributed by atoms with E-state index in [9.17, 15) is 14.7 Å². The van der Waals surface area contributed by atoms with Crippen LogP contribution in [-0.4, -0.2) is 61.8 Å². The van der Waals surface area contributed by atoms with Gasteiger partial charge in [0.2, 0.25) is 5.56 Å². The van der Waals surface area contributed by atoms with Gasteiger partial charge in [0.05, 0.1) is 23.9 Å². The Kier molecular flexibility index (Phi) is 17.3. The third-order valence-electron chi connectivity index (χ3n) is 13.7. The van der Waals surface area contributed by atoms with Gasteiger partial charge in [-0.05, 0) is 142 Å².